The maximum atomic E-state index is 12.4. The van der Waals surface area contributed by atoms with Crippen molar-refractivity contribution < 1.29 is 13.2 Å². The van der Waals surface area contributed by atoms with Crippen LogP contribution in [-0.4, -0.2) is 5.54 Å². The fraction of sp³-hybridized carbons (Fsp3) is 0.571. The normalized spacial score (nSPS) is 17.3. The molecule has 2 N–H and O–H groups in total. The van der Waals surface area contributed by atoms with E-state index in [0.717, 1.165) is 24.1 Å². The van der Waals surface area contributed by atoms with Crippen molar-refractivity contribution in [3.05, 3.63) is 35.4 Å². The van der Waals surface area contributed by atoms with Crippen LogP contribution >= 0.6 is 0 Å². The molecular formula is C14H20F3N. The molecule has 0 aliphatic heterocycles. The lowest BCUT2D eigenvalue weighted by molar-refractivity contribution is -0.137. The van der Waals surface area contributed by atoms with E-state index in [2.05, 4.69) is 13.8 Å². The molecule has 0 saturated carbocycles. The van der Waals surface area contributed by atoms with Crippen molar-refractivity contribution in [1.82, 2.24) is 0 Å². The minimum atomic E-state index is -4.28. The quantitative estimate of drug-likeness (QED) is 0.868. The number of nitrogens with two attached hydrogens (primary N) is 1. The molecule has 2 atom stereocenters. The Morgan fingerprint density at radius 3 is 2.06 bits per heavy atom. The SMILES string of the molecule is CCC(C)C(C)(N)Cc1ccc(C(F)(F)F)cc1. The van der Waals surface area contributed by atoms with Gasteiger partial charge in [0.1, 0.15) is 0 Å². The molecule has 1 nitrogen and oxygen atoms in total. The third kappa shape index (κ3) is 3.73. The Kier molecular flexibility index (Phi) is 4.43. The molecule has 1 aromatic carbocycles. The zero-order valence-corrected chi connectivity index (χ0v) is 11.0. The lowest BCUT2D eigenvalue weighted by Crippen LogP contribution is -2.44. The molecule has 0 fully saturated rings. The van der Waals surface area contributed by atoms with Gasteiger partial charge < -0.3 is 5.73 Å². The van der Waals surface area contributed by atoms with Gasteiger partial charge in [0.25, 0.3) is 0 Å². The van der Waals surface area contributed by atoms with Crippen molar-refractivity contribution in [3.63, 3.8) is 0 Å². The first-order chi connectivity index (χ1) is 8.16. The highest BCUT2D eigenvalue weighted by Gasteiger charge is 2.30. The summed E-state index contributed by atoms with van der Waals surface area (Å²) >= 11 is 0. The monoisotopic (exact) mass is 259 g/mol. The van der Waals surface area contributed by atoms with Gasteiger partial charge in [-0.1, -0.05) is 32.4 Å². The molecule has 0 aliphatic rings. The third-order valence-electron chi connectivity index (χ3n) is 3.60. The van der Waals surface area contributed by atoms with Crippen molar-refractivity contribution in [2.45, 2.75) is 45.3 Å². The highest BCUT2D eigenvalue weighted by atomic mass is 19.4. The summed E-state index contributed by atoms with van der Waals surface area (Å²) in [4.78, 5) is 0. The predicted molar refractivity (Wildman–Crippen MR) is 67.2 cm³/mol. The van der Waals surface area contributed by atoms with Crippen LogP contribution in [0, 0.1) is 5.92 Å². The molecule has 0 saturated heterocycles. The van der Waals surface area contributed by atoms with Gasteiger partial charge in [0.15, 0.2) is 0 Å². The molecule has 4 heteroatoms. The van der Waals surface area contributed by atoms with Gasteiger partial charge in [-0.15, -0.1) is 0 Å². The summed E-state index contributed by atoms with van der Waals surface area (Å²) in [6.07, 6.45) is -2.74. The maximum Gasteiger partial charge on any atom is 0.416 e. The Balaban J connectivity index is 2.81. The van der Waals surface area contributed by atoms with E-state index in [1.165, 1.54) is 12.1 Å². The second kappa shape index (κ2) is 5.31. The van der Waals surface area contributed by atoms with Gasteiger partial charge >= 0.3 is 6.18 Å². The number of rotatable bonds is 4. The highest BCUT2D eigenvalue weighted by molar-refractivity contribution is 5.26. The summed E-state index contributed by atoms with van der Waals surface area (Å²) in [5.41, 5.74) is 6.03. The molecule has 18 heavy (non-hydrogen) atoms. The van der Waals surface area contributed by atoms with Crippen LogP contribution in [0.2, 0.25) is 0 Å². The van der Waals surface area contributed by atoms with E-state index in [1.807, 2.05) is 6.92 Å². The predicted octanol–water partition coefficient (Wildman–Crippen LogP) is 4.01. The molecule has 2 unspecified atom stereocenters. The second-order valence-electron chi connectivity index (χ2n) is 5.19. The van der Waals surface area contributed by atoms with Crippen LogP contribution < -0.4 is 5.73 Å². The summed E-state index contributed by atoms with van der Waals surface area (Å²) < 4.78 is 37.2. The smallest absolute Gasteiger partial charge is 0.325 e. The molecule has 1 rings (SSSR count). The average Bonchev–Trinajstić information content (AvgIpc) is 2.26. The summed E-state index contributed by atoms with van der Waals surface area (Å²) in [5, 5.41) is 0. The Labute approximate surface area is 106 Å². The molecule has 0 aliphatic carbocycles. The van der Waals surface area contributed by atoms with Crippen molar-refractivity contribution in [1.29, 1.82) is 0 Å². The average molecular weight is 259 g/mol. The fourth-order valence-corrected chi connectivity index (χ4v) is 1.89. The number of hydrogen-bond donors (Lipinski definition) is 1. The Bertz CT molecular complexity index is 379. The van der Waals surface area contributed by atoms with E-state index in [4.69, 9.17) is 5.73 Å². The zero-order chi connectivity index (χ0) is 14.0. The molecule has 0 amide bonds. The summed E-state index contributed by atoms with van der Waals surface area (Å²) in [7, 11) is 0. The molecular weight excluding hydrogens is 239 g/mol. The molecule has 0 aromatic heterocycles. The van der Waals surface area contributed by atoms with E-state index in [0.29, 0.717) is 12.3 Å². The number of benzene rings is 1. The maximum absolute atomic E-state index is 12.4. The molecule has 0 heterocycles. The van der Waals surface area contributed by atoms with Crippen LogP contribution in [0.25, 0.3) is 0 Å². The van der Waals surface area contributed by atoms with Crippen LogP contribution in [0.15, 0.2) is 24.3 Å². The number of hydrogen-bond acceptors (Lipinski definition) is 1. The second-order valence-corrected chi connectivity index (χ2v) is 5.19. The van der Waals surface area contributed by atoms with Crippen molar-refractivity contribution in [2.75, 3.05) is 0 Å². The van der Waals surface area contributed by atoms with Crippen LogP contribution in [0.3, 0.4) is 0 Å². The van der Waals surface area contributed by atoms with Crippen LogP contribution in [0.5, 0.6) is 0 Å². The minimum Gasteiger partial charge on any atom is -0.325 e. The zero-order valence-electron chi connectivity index (χ0n) is 11.0. The van der Waals surface area contributed by atoms with Crippen LogP contribution in [0.4, 0.5) is 13.2 Å². The first kappa shape index (κ1) is 15.0. The summed E-state index contributed by atoms with van der Waals surface area (Å²) in [6.45, 7) is 6.06. The number of halogens is 3. The molecule has 0 spiro atoms. The van der Waals surface area contributed by atoms with Crippen LogP contribution in [0.1, 0.15) is 38.3 Å². The Morgan fingerprint density at radius 2 is 1.67 bits per heavy atom. The first-order valence-electron chi connectivity index (χ1n) is 6.12. The largest absolute Gasteiger partial charge is 0.416 e. The third-order valence-corrected chi connectivity index (χ3v) is 3.60. The molecule has 1 aromatic rings. The molecule has 102 valence electrons. The molecule has 0 bridgehead atoms. The van der Waals surface area contributed by atoms with Gasteiger partial charge in [-0.05, 0) is 37.0 Å². The van der Waals surface area contributed by atoms with E-state index in [-0.39, 0.29) is 0 Å². The van der Waals surface area contributed by atoms with Gasteiger partial charge in [-0.3, -0.25) is 0 Å². The van der Waals surface area contributed by atoms with Crippen molar-refractivity contribution >= 4 is 0 Å². The van der Waals surface area contributed by atoms with Gasteiger partial charge in [0.05, 0.1) is 5.56 Å². The van der Waals surface area contributed by atoms with E-state index >= 15 is 0 Å². The Hall–Kier alpha value is -1.03. The lowest BCUT2D eigenvalue weighted by Gasteiger charge is -2.31. The number of alkyl halides is 3. The topological polar surface area (TPSA) is 26.0 Å². The van der Waals surface area contributed by atoms with Crippen LogP contribution in [-0.2, 0) is 12.6 Å². The standard InChI is InChI=1S/C14H20F3N/c1-4-10(2)13(3,18)9-11-5-7-12(8-6-11)14(15,16)17/h5-8,10H,4,9,18H2,1-3H3. The van der Waals surface area contributed by atoms with Crippen molar-refractivity contribution in [2.24, 2.45) is 11.7 Å². The summed E-state index contributed by atoms with van der Waals surface area (Å²) in [6, 6.07) is 5.25. The van der Waals surface area contributed by atoms with Gasteiger partial charge in [-0.25, -0.2) is 0 Å². The highest BCUT2D eigenvalue weighted by Crippen LogP contribution is 2.30. The van der Waals surface area contributed by atoms with E-state index in [1.54, 1.807) is 0 Å². The molecule has 0 radical (unpaired) electrons. The van der Waals surface area contributed by atoms with Gasteiger partial charge in [0, 0.05) is 5.54 Å². The van der Waals surface area contributed by atoms with Gasteiger partial charge in [0.2, 0.25) is 0 Å². The first-order valence-corrected chi connectivity index (χ1v) is 6.12. The van der Waals surface area contributed by atoms with E-state index in [9.17, 15) is 13.2 Å². The summed E-state index contributed by atoms with van der Waals surface area (Å²) in [5.74, 6) is 0.319. The van der Waals surface area contributed by atoms with E-state index < -0.39 is 17.3 Å². The minimum absolute atomic E-state index is 0.319. The fourth-order valence-electron chi connectivity index (χ4n) is 1.89. The Morgan fingerprint density at radius 1 is 1.17 bits per heavy atom. The van der Waals surface area contributed by atoms with Gasteiger partial charge in [-0.2, -0.15) is 13.2 Å². The van der Waals surface area contributed by atoms with Crippen molar-refractivity contribution in [3.8, 4) is 0 Å². The lowest BCUT2D eigenvalue weighted by atomic mass is 9.81.